The Morgan fingerprint density at radius 1 is 1.29 bits per heavy atom. The van der Waals surface area contributed by atoms with Gasteiger partial charge in [0.05, 0.1) is 7.11 Å². The highest BCUT2D eigenvalue weighted by atomic mass is 32.1. The third-order valence-corrected chi connectivity index (χ3v) is 3.84. The van der Waals surface area contributed by atoms with Crippen molar-refractivity contribution < 1.29 is 19.4 Å². The Bertz CT molecular complexity index is 624. The molecule has 0 saturated carbocycles. The number of carbonyl (C=O) groups is 2. The molecule has 2 N–H and O–H groups in total. The molecule has 21 heavy (non-hydrogen) atoms. The molecule has 110 valence electrons. The summed E-state index contributed by atoms with van der Waals surface area (Å²) in [6.07, 6.45) is 0.232. The molecule has 1 unspecified atom stereocenters. The summed E-state index contributed by atoms with van der Waals surface area (Å²) in [4.78, 5) is 23.8. The Kier molecular flexibility index (Phi) is 4.94. The van der Waals surface area contributed by atoms with Crippen LogP contribution >= 0.6 is 11.3 Å². The number of benzene rings is 1. The molecule has 1 aromatic carbocycles. The van der Waals surface area contributed by atoms with Crippen LogP contribution in [0.1, 0.15) is 15.2 Å². The lowest BCUT2D eigenvalue weighted by molar-refractivity contribution is -0.139. The first-order valence-corrected chi connectivity index (χ1v) is 7.19. The van der Waals surface area contributed by atoms with E-state index in [1.165, 1.54) is 18.4 Å². The average Bonchev–Trinajstić information content (AvgIpc) is 2.96. The van der Waals surface area contributed by atoms with Gasteiger partial charge in [0.2, 0.25) is 0 Å². The van der Waals surface area contributed by atoms with E-state index in [2.05, 4.69) is 5.32 Å². The lowest BCUT2D eigenvalue weighted by Gasteiger charge is -2.14. The number of carbonyl (C=O) groups excluding carboxylic acids is 1. The molecule has 6 heteroatoms. The van der Waals surface area contributed by atoms with Crippen LogP contribution in [0, 0.1) is 0 Å². The van der Waals surface area contributed by atoms with Crippen LogP contribution < -0.4 is 10.1 Å². The van der Waals surface area contributed by atoms with Gasteiger partial charge in [-0.2, -0.15) is 0 Å². The normalized spacial score (nSPS) is 11.7. The molecular weight excluding hydrogens is 290 g/mol. The van der Waals surface area contributed by atoms with E-state index in [0.29, 0.717) is 10.6 Å². The predicted molar refractivity (Wildman–Crippen MR) is 79.9 cm³/mol. The maximum atomic E-state index is 12.1. The highest BCUT2D eigenvalue weighted by Gasteiger charge is 2.23. The molecule has 0 bridgehead atoms. The molecule has 0 aliphatic carbocycles. The first kappa shape index (κ1) is 15.1. The standard InChI is InChI=1S/C15H15NO4S/c1-20-12-7-8-21-13(12)14(17)16-11(15(18)19)9-10-5-3-2-4-6-10/h2-8,11H,9H2,1H3,(H,16,17)(H,18,19). The van der Waals surface area contributed by atoms with Crippen molar-refractivity contribution in [3.63, 3.8) is 0 Å². The zero-order valence-corrected chi connectivity index (χ0v) is 12.2. The number of thiophene rings is 1. The van der Waals surface area contributed by atoms with Gasteiger partial charge in [-0.25, -0.2) is 4.79 Å². The molecule has 0 saturated heterocycles. The summed E-state index contributed by atoms with van der Waals surface area (Å²) in [5.41, 5.74) is 0.850. The van der Waals surface area contributed by atoms with Gasteiger partial charge in [0.15, 0.2) is 0 Å². The molecule has 0 aliphatic heterocycles. The summed E-state index contributed by atoms with van der Waals surface area (Å²) in [6, 6.07) is 9.87. The average molecular weight is 305 g/mol. The number of rotatable bonds is 6. The van der Waals surface area contributed by atoms with Crippen LogP contribution in [0.15, 0.2) is 41.8 Å². The number of amides is 1. The molecule has 5 nitrogen and oxygen atoms in total. The molecule has 0 fully saturated rings. The molecule has 1 heterocycles. The molecule has 0 radical (unpaired) electrons. The molecule has 2 aromatic rings. The Morgan fingerprint density at radius 3 is 2.62 bits per heavy atom. The van der Waals surface area contributed by atoms with E-state index in [-0.39, 0.29) is 6.42 Å². The molecule has 0 aliphatic rings. The second-order valence-corrected chi connectivity index (χ2v) is 5.29. The largest absolute Gasteiger partial charge is 0.495 e. The van der Waals surface area contributed by atoms with Crippen molar-refractivity contribution in [1.82, 2.24) is 5.32 Å². The second-order valence-electron chi connectivity index (χ2n) is 4.37. The number of ether oxygens (including phenoxy) is 1. The summed E-state index contributed by atoms with van der Waals surface area (Å²) in [5.74, 6) is -1.06. The minimum atomic E-state index is -1.07. The van der Waals surface area contributed by atoms with Crippen molar-refractivity contribution in [3.05, 3.63) is 52.2 Å². The maximum Gasteiger partial charge on any atom is 0.326 e. The van der Waals surface area contributed by atoms with Crippen molar-refractivity contribution in [3.8, 4) is 5.75 Å². The van der Waals surface area contributed by atoms with Crippen LogP contribution in [-0.4, -0.2) is 30.1 Å². The fourth-order valence-electron chi connectivity index (χ4n) is 1.90. The topological polar surface area (TPSA) is 75.6 Å². The van der Waals surface area contributed by atoms with Crippen molar-refractivity contribution >= 4 is 23.2 Å². The summed E-state index contributed by atoms with van der Waals surface area (Å²) in [5, 5.41) is 13.5. The molecule has 1 amide bonds. The minimum Gasteiger partial charge on any atom is -0.495 e. The predicted octanol–water partition coefficient (Wildman–Crippen LogP) is 2.18. The van der Waals surface area contributed by atoms with Crippen molar-refractivity contribution in [1.29, 1.82) is 0 Å². The highest BCUT2D eigenvalue weighted by Crippen LogP contribution is 2.24. The monoisotopic (exact) mass is 305 g/mol. The summed E-state index contributed by atoms with van der Waals surface area (Å²) in [6.45, 7) is 0. The van der Waals surface area contributed by atoms with Gasteiger partial charge >= 0.3 is 5.97 Å². The van der Waals surface area contributed by atoms with Gasteiger partial charge in [-0.3, -0.25) is 4.79 Å². The van der Waals surface area contributed by atoms with Crippen LogP contribution in [0.5, 0.6) is 5.75 Å². The summed E-state index contributed by atoms with van der Waals surface area (Å²) < 4.78 is 5.07. The van der Waals surface area contributed by atoms with E-state index >= 15 is 0 Å². The zero-order valence-electron chi connectivity index (χ0n) is 11.4. The first-order chi connectivity index (χ1) is 10.1. The van der Waals surface area contributed by atoms with Crippen LogP contribution in [-0.2, 0) is 11.2 Å². The number of hydrogen-bond donors (Lipinski definition) is 2. The SMILES string of the molecule is COc1ccsc1C(=O)NC(Cc1ccccc1)C(=O)O. The number of nitrogens with one attached hydrogen (secondary N) is 1. The Balaban J connectivity index is 2.10. The number of hydrogen-bond acceptors (Lipinski definition) is 4. The van der Waals surface area contributed by atoms with Crippen molar-refractivity contribution in [2.24, 2.45) is 0 Å². The van der Waals surface area contributed by atoms with Crippen LogP contribution in [0.3, 0.4) is 0 Å². The van der Waals surface area contributed by atoms with Crippen LogP contribution in [0.25, 0.3) is 0 Å². The Labute approximate surface area is 126 Å². The molecule has 1 atom stereocenters. The Hall–Kier alpha value is -2.34. The van der Waals surface area contributed by atoms with Crippen LogP contribution in [0.4, 0.5) is 0 Å². The number of aliphatic carboxylic acids is 1. The maximum absolute atomic E-state index is 12.1. The molecule has 0 spiro atoms. The van der Waals surface area contributed by atoms with E-state index in [1.54, 1.807) is 11.4 Å². The Morgan fingerprint density at radius 2 is 2.00 bits per heavy atom. The first-order valence-electron chi connectivity index (χ1n) is 6.31. The summed E-state index contributed by atoms with van der Waals surface area (Å²) >= 11 is 1.21. The number of carboxylic acid groups (broad SMARTS) is 1. The van der Waals surface area contributed by atoms with Gasteiger partial charge in [0.25, 0.3) is 5.91 Å². The van der Waals surface area contributed by atoms with Gasteiger partial charge < -0.3 is 15.2 Å². The van der Waals surface area contributed by atoms with E-state index in [0.717, 1.165) is 5.56 Å². The van der Waals surface area contributed by atoms with Gasteiger partial charge in [-0.15, -0.1) is 11.3 Å². The minimum absolute atomic E-state index is 0.232. The number of carboxylic acids is 1. The third-order valence-electron chi connectivity index (χ3n) is 2.94. The highest BCUT2D eigenvalue weighted by molar-refractivity contribution is 7.12. The van der Waals surface area contributed by atoms with E-state index in [1.807, 2.05) is 30.3 Å². The smallest absolute Gasteiger partial charge is 0.326 e. The lowest BCUT2D eigenvalue weighted by Crippen LogP contribution is -2.42. The van der Waals surface area contributed by atoms with E-state index in [9.17, 15) is 14.7 Å². The fraction of sp³-hybridized carbons (Fsp3) is 0.200. The van der Waals surface area contributed by atoms with Crippen LogP contribution in [0.2, 0.25) is 0 Å². The fourth-order valence-corrected chi connectivity index (χ4v) is 2.66. The molecule has 1 aromatic heterocycles. The van der Waals surface area contributed by atoms with Gasteiger partial charge in [0, 0.05) is 6.42 Å². The molecular formula is C15H15NO4S. The van der Waals surface area contributed by atoms with E-state index < -0.39 is 17.9 Å². The van der Waals surface area contributed by atoms with E-state index in [4.69, 9.17) is 4.74 Å². The lowest BCUT2D eigenvalue weighted by atomic mass is 10.1. The zero-order chi connectivity index (χ0) is 15.2. The molecule has 2 rings (SSSR count). The van der Waals surface area contributed by atoms with Gasteiger partial charge in [-0.1, -0.05) is 30.3 Å². The third kappa shape index (κ3) is 3.82. The van der Waals surface area contributed by atoms with Crippen molar-refractivity contribution in [2.45, 2.75) is 12.5 Å². The quantitative estimate of drug-likeness (QED) is 0.857. The van der Waals surface area contributed by atoms with Gasteiger partial charge in [0.1, 0.15) is 16.7 Å². The van der Waals surface area contributed by atoms with Crippen molar-refractivity contribution in [2.75, 3.05) is 7.11 Å². The second kappa shape index (κ2) is 6.90. The van der Waals surface area contributed by atoms with Gasteiger partial charge in [-0.05, 0) is 17.0 Å². The summed E-state index contributed by atoms with van der Waals surface area (Å²) in [7, 11) is 1.47. The number of methoxy groups -OCH3 is 1.